The summed E-state index contributed by atoms with van der Waals surface area (Å²) < 4.78 is 4.68. The second kappa shape index (κ2) is 9.43. The number of methoxy groups -OCH3 is 1. The number of nitrogens with zero attached hydrogens (tertiary/aromatic N) is 3. The molecule has 0 aromatic heterocycles. The number of aldehydes is 1. The molecule has 1 heterocycles. The van der Waals surface area contributed by atoms with Gasteiger partial charge in [0.25, 0.3) is 0 Å². The van der Waals surface area contributed by atoms with Crippen LogP contribution in [0.3, 0.4) is 0 Å². The number of esters is 1. The predicted molar refractivity (Wildman–Crippen MR) is 76.6 cm³/mol. The summed E-state index contributed by atoms with van der Waals surface area (Å²) in [4.78, 5) is 39.1. The Morgan fingerprint density at radius 1 is 1.00 bits per heavy atom. The fraction of sp³-hybridized carbons (Fsp3) is 0.769. The van der Waals surface area contributed by atoms with Crippen molar-refractivity contribution in [2.24, 2.45) is 5.73 Å². The number of nitrogens with two attached hydrogens (primary N) is 1. The molecule has 0 aliphatic carbocycles. The van der Waals surface area contributed by atoms with Crippen molar-refractivity contribution < 1.29 is 19.1 Å². The minimum absolute atomic E-state index is 0.182. The zero-order valence-electron chi connectivity index (χ0n) is 12.5. The maximum Gasteiger partial charge on any atom is 0.319 e. The quantitative estimate of drug-likeness (QED) is 0.438. The molecule has 0 aromatic carbocycles. The number of hydrogen-bond acceptors (Lipinski definition) is 7. The van der Waals surface area contributed by atoms with Gasteiger partial charge in [0.05, 0.1) is 26.7 Å². The van der Waals surface area contributed by atoms with Gasteiger partial charge in [0, 0.05) is 39.3 Å². The van der Waals surface area contributed by atoms with Crippen molar-refractivity contribution in [3.05, 3.63) is 0 Å². The van der Waals surface area contributed by atoms with Gasteiger partial charge in [0.1, 0.15) is 6.29 Å². The van der Waals surface area contributed by atoms with Gasteiger partial charge in [0.15, 0.2) is 0 Å². The van der Waals surface area contributed by atoms with Gasteiger partial charge in [-0.1, -0.05) is 0 Å². The number of ether oxygens (including phenoxy) is 1. The molecule has 1 aliphatic rings. The normalized spacial score (nSPS) is 19.3. The fourth-order valence-corrected chi connectivity index (χ4v) is 2.26. The van der Waals surface area contributed by atoms with Crippen molar-refractivity contribution in [3.8, 4) is 0 Å². The van der Waals surface area contributed by atoms with E-state index in [-0.39, 0.29) is 25.0 Å². The minimum Gasteiger partial charge on any atom is -0.468 e. The first-order valence-corrected chi connectivity index (χ1v) is 7.01. The Labute approximate surface area is 124 Å². The highest BCUT2D eigenvalue weighted by Gasteiger charge is 2.18. The Hall–Kier alpha value is -1.51. The number of amides is 1. The molecule has 2 N–H and O–H groups in total. The summed E-state index contributed by atoms with van der Waals surface area (Å²) in [5, 5.41) is 0. The van der Waals surface area contributed by atoms with Crippen LogP contribution in [-0.2, 0) is 19.1 Å². The maximum absolute atomic E-state index is 11.4. The van der Waals surface area contributed by atoms with Gasteiger partial charge in [-0.05, 0) is 0 Å². The lowest BCUT2D eigenvalue weighted by Crippen LogP contribution is -2.41. The molecule has 1 saturated heterocycles. The lowest BCUT2D eigenvalue weighted by Gasteiger charge is -2.23. The summed E-state index contributed by atoms with van der Waals surface area (Å²) >= 11 is 0. The highest BCUT2D eigenvalue weighted by molar-refractivity contribution is 5.75. The standard InChI is InChI=1S/C13H24N4O4/c1-21-13(20)11-17-5-3-15(8-9-18)2-4-16(6-7-17)10-12(14)19/h9H,2-8,10-11H2,1H3,(H2,14,19). The van der Waals surface area contributed by atoms with Crippen LogP contribution < -0.4 is 5.73 Å². The first-order chi connectivity index (χ1) is 10.0. The molecule has 0 bridgehead atoms. The Morgan fingerprint density at radius 3 is 1.90 bits per heavy atom. The van der Waals surface area contributed by atoms with Gasteiger partial charge >= 0.3 is 5.97 Å². The maximum atomic E-state index is 11.4. The highest BCUT2D eigenvalue weighted by atomic mass is 16.5. The summed E-state index contributed by atoms with van der Waals surface area (Å²) in [6.45, 7) is 4.76. The van der Waals surface area contributed by atoms with Crippen LogP contribution in [0.4, 0.5) is 0 Å². The largest absolute Gasteiger partial charge is 0.468 e. The van der Waals surface area contributed by atoms with E-state index in [0.29, 0.717) is 45.8 Å². The van der Waals surface area contributed by atoms with E-state index in [4.69, 9.17) is 5.73 Å². The van der Waals surface area contributed by atoms with Crippen LogP contribution in [0, 0.1) is 0 Å². The summed E-state index contributed by atoms with van der Waals surface area (Å²) in [6.07, 6.45) is 0.862. The first-order valence-electron chi connectivity index (χ1n) is 7.01. The van der Waals surface area contributed by atoms with Crippen molar-refractivity contribution >= 4 is 18.2 Å². The highest BCUT2D eigenvalue weighted by Crippen LogP contribution is 2.00. The van der Waals surface area contributed by atoms with E-state index < -0.39 is 0 Å². The number of carbonyl (C=O) groups excluding carboxylic acids is 3. The number of primary amides is 1. The fourth-order valence-electron chi connectivity index (χ4n) is 2.26. The molecule has 0 unspecified atom stereocenters. The monoisotopic (exact) mass is 300 g/mol. The van der Waals surface area contributed by atoms with Crippen LogP contribution in [-0.4, -0.2) is 98.9 Å². The average molecular weight is 300 g/mol. The molecule has 0 radical (unpaired) electrons. The molecule has 21 heavy (non-hydrogen) atoms. The lowest BCUT2D eigenvalue weighted by molar-refractivity contribution is -0.142. The molecule has 0 spiro atoms. The molecule has 0 atom stereocenters. The summed E-state index contributed by atoms with van der Waals surface area (Å²) in [5.41, 5.74) is 5.24. The van der Waals surface area contributed by atoms with Crippen LogP contribution >= 0.6 is 0 Å². The zero-order valence-corrected chi connectivity index (χ0v) is 12.5. The van der Waals surface area contributed by atoms with E-state index in [0.717, 1.165) is 6.29 Å². The second-order valence-electron chi connectivity index (χ2n) is 5.06. The van der Waals surface area contributed by atoms with Crippen molar-refractivity contribution in [3.63, 3.8) is 0 Å². The Morgan fingerprint density at radius 2 is 1.48 bits per heavy atom. The predicted octanol–water partition coefficient (Wildman–Crippen LogP) is -2.24. The molecule has 8 heteroatoms. The number of hydrogen-bond donors (Lipinski definition) is 1. The zero-order chi connectivity index (χ0) is 15.7. The van der Waals surface area contributed by atoms with E-state index in [1.54, 1.807) is 0 Å². The van der Waals surface area contributed by atoms with Gasteiger partial charge < -0.3 is 15.3 Å². The summed E-state index contributed by atoms with van der Waals surface area (Å²) in [7, 11) is 1.36. The van der Waals surface area contributed by atoms with Crippen LogP contribution in [0.15, 0.2) is 0 Å². The van der Waals surface area contributed by atoms with Crippen molar-refractivity contribution in [2.45, 2.75) is 0 Å². The average Bonchev–Trinajstić information content (AvgIpc) is 2.52. The number of carbonyl (C=O) groups is 3. The molecule has 0 saturated carbocycles. The molecule has 8 nitrogen and oxygen atoms in total. The summed E-state index contributed by atoms with van der Waals surface area (Å²) in [5.74, 6) is -0.673. The SMILES string of the molecule is COC(=O)CN1CCN(CC=O)CCN(CC(N)=O)CC1. The molecule has 1 fully saturated rings. The number of rotatable bonds is 6. The van der Waals surface area contributed by atoms with E-state index >= 15 is 0 Å². The molecule has 1 aliphatic heterocycles. The van der Waals surface area contributed by atoms with Crippen molar-refractivity contribution in [2.75, 3.05) is 66.0 Å². The third kappa shape index (κ3) is 7.16. The Balaban J connectivity index is 2.65. The van der Waals surface area contributed by atoms with Crippen molar-refractivity contribution in [1.29, 1.82) is 0 Å². The summed E-state index contributed by atoms with van der Waals surface area (Å²) in [6, 6.07) is 0. The van der Waals surface area contributed by atoms with Gasteiger partial charge in [-0.2, -0.15) is 0 Å². The minimum atomic E-state index is -0.379. The Bertz CT molecular complexity index is 364. The van der Waals surface area contributed by atoms with Crippen LogP contribution in [0.5, 0.6) is 0 Å². The smallest absolute Gasteiger partial charge is 0.319 e. The molecule has 0 aromatic rings. The molecular weight excluding hydrogens is 276 g/mol. The van der Waals surface area contributed by atoms with Gasteiger partial charge in [0.2, 0.25) is 5.91 Å². The van der Waals surface area contributed by atoms with E-state index in [2.05, 4.69) is 4.74 Å². The molecule has 1 rings (SSSR count). The Kier molecular flexibility index (Phi) is 7.88. The van der Waals surface area contributed by atoms with Crippen molar-refractivity contribution in [1.82, 2.24) is 14.7 Å². The third-order valence-electron chi connectivity index (χ3n) is 3.49. The van der Waals surface area contributed by atoms with Crippen LogP contribution in [0.1, 0.15) is 0 Å². The first kappa shape index (κ1) is 17.5. The van der Waals surface area contributed by atoms with Crippen LogP contribution in [0.2, 0.25) is 0 Å². The topological polar surface area (TPSA) is 96.2 Å². The van der Waals surface area contributed by atoms with Gasteiger partial charge in [-0.15, -0.1) is 0 Å². The molecule has 1 amide bonds. The lowest BCUT2D eigenvalue weighted by atomic mass is 10.4. The van der Waals surface area contributed by atoms with Crippen LogP contribution in [0.25, 0.3) is 0 Å². The van der Waals surface area contributed by atoms with Gasteiger partial charge in [-0.25, -0.2) is 0 Å². The van der Waals surface area contributed by atoms with E-state index in [1.165, 1.54) is 7.11 Å². The molecular formula is C13H24N4O4. The van der Waals surface area contributed by atoms with E-state index in [1.807, 2.05) is 14.7 Å². The molecule has 120 valence electrons. The van der Waals surface area contributed by atoms with E-state index in [9.17, 15) is 14.4 Å². The van der Waals surface area contributed by atoms with Gasteiger partial charge in [-0.3, -0.25) is 24.3 Å². The third-order valence-corrected chi connectivity index (χ3v) is 3.49. The second-order valence-corrected chi connectivity index (χ2v) is 5.06.